The van der Waals surface area contributed by atoms with Crippen LogP contribution in [0.4, 0.5) is 4.39 Å². The number of piperidine rings is 1. The second kappa shape index (κ2) is 5.10. The van der Waals surface area contributed by atoms with E-state index in [1.807, 2.05) is 0 Å². The molecule has 0 aliphatic carbocycles. The highest BCUT2D eigenvalue weighted by molar-refractivity contribution is 6.31. The van der Waals surface area contributed by atoms with Gasteiger partial charge in [-0.3, -0.25) is 0 Å². The van der Waals surface area contributed by atoms with Gasteiger partial charge >= 0.3 is 0 Å². The molecule has 1 aliphatic heterocycles. The number of phenolic OH excluding ortho intramolecular Hbond substituents is 2. The molecule has 0 unspecified atom stereocenters. The van der Waals surface area contributed by atoms with Crippen molar-refractivity contribution < 1.29 is 14.6 Å². The Morgan fingerprint density at radius 2 is 2.00 bits per heavy atom. The molecule has 3 N–H and O–H groups in total. The third kappa shape index (κ3) is 2.64. The van der Waals surface area contributed by atoms with Crippen LogP contribution < -0.4 is 5.32 Å². The second-order valence-electron chi connectivity index (χ2n) is 4.42. The molecule has 0 aromatic heterocycles. The summed E-state index contributed by atoms with van der Waals surface area (Å²) in [6, 6.07) is 1.03. The highest BCUT2D eigenvalue weighted by atomic mass is 35.5. The van der Waals surface area contributed by atoms with E-state index in [9.17, 15) is 14.6 Å². The van der Waals surface area contributed by atoms with E-state index in [1.165, 1.54) is 0 Å². The SMILES string of the molecule is Oc1cc(Cl)c(F)c(CC2CCNCC2)c1O. The van der Waals surface area contributed by atoms with Crippen LogP contribution >= 0.6 is 11.6 Å². The Bertz CT molecular complexity index is 393. The number of phenols is 2. The molecule has 1 aromatic rings. The molecule has 0 bridgehead atoms. The lowest BCUT2D eigenvalue weighted by Gasteiger charge is -2.23. The average Bonchev–Trinajstić information content (AvgIpc) is 2.33. The Hall–Kier alpha value is -1.00. The summed E-state index contributed by atoms with van der Waals surface area (Å²) in [7, 11) is 0. The molecule has 1 heterocycles. The average molecular weight is 260 g/mol. The predicted molar refractivity (Wildman–Crippen MR) is 64.0 cm³/mol. The first kappa shape index (κ1) is 12.5. The maximum Gasteiger partial charge on any atom is 0.163 e. The summed E-state index contributed by atoms with van der Waals surface area (Å²) in [5, 5.41) is 22.2. The van der Waals surface area contributed by atoms with Crippen LogP contribution in [0.3, 0.4) is 0 Å². The van der Waals surface area contributed by atoms with Crippen LogP contribution in [-0.4, -0.2) is 23.3 Å². The Kier molecular flexibility index (Phi) is 3.74. The molecule has 1 fully saturated rings. The third-order valence-corrected chi connectivity index (χ3v) is 3.49. The zero-order valence-corrected chi connectivity index (χ0v) is 10.1. The van der Waals surface area contributed by atoms with Gasteiger partial charge in [-0.2, -0.15) is 0 Å². The molecule has 0 spiro atoms. The van der Waals surface area contributed by atoms with Crippen LogP contribution in [0, 0.1) is 11.7 Å². The lowest BCUT2D eigenvalue weighted by molar-refractivity contribution is 0.352. The van der Waals surface area contributed by atoms with E-state index in [-0.39, 0.29) is 22.1 Å². The van der Waals surface area contributed by atoms with Crippen molar-refractivity contribution in [2.24, 2.45) is 5.92 Å². The fourth-order valence-electron chi connectivity index (χ4n) is 2.22. The summed E-state index contributed by atoms with van der Waals surface area (Å²) in [6.45, 7) is 1.80. The number of nitrogens with one attached hydrogen (secondary N) is 1. The molecule has 94 valence electrons. The third-order valence-electron chi connectivity index (χ3n) is 3.22. The van der Waals surface area contributed by atoms with Crippen molar-refractivity contribution >= 4 is 11.6 Å². The zero-order chi connectivity index (χ0) is 12.4. The van der Waals surface area contributed by atoms with Gasteiger partial charge in [0.2, 0.25) is 0 Å². The molecule has 0 amide bonds. The summed E-state index contributed by atoms with van der Waals surface area (Å²) in [5.74, 6) is -1.05. The first-order chi connectivity index (χ1) is 8.09. The summed E-state index contributed by atoms with van der Waals surface area (Å²) in [6.07, 6.45) is 2.28. The maximum atomic E-state index is 13.8. The number of benzene rings is 1. The van der Waals surface area contributed by atoms with Gasteiger partial charge in [-0.1, -0.05) is 11.6 Å². The minimum absolute atomic E-state index is 0.127. The predicted octanol–water partition coefficient (Wildman–Crippen LogP) is 2.43. The van der Waals surface area contributed by atoms with E-state index in [1.54, 1.807) is 0 Å². The van der Waals surface area contributed by atoms with Crippen LogP contribution in [0.5, 0.6) is 11.5 Å². The van der Waals surface area contributed by atoms with E-state index in [2.05, 4.69) is 5.32 Å². The van der Waals surface area contributed by atoms with E-state index < -0.39 is 5.82 Å². The fourth-order valence-corrected chi connectivity index (χ4v) is 2.43. The topological polar surface area (TPSA) is 52.5 Å². The first-order valence-electron chi connectivity index (χ1n) is 5.69. The van der Waals surface area contributed by atoms with E-state index >= 15 is 0 Å². The van der Waals surface area contributed by atoms with Crippen LogP contribution in [0.15, 0.2) is 6.07 Å². The molecule has 0 atom stereocenters. The number of rotatable bonds is 2. The number of hydrogen-bond acceptors (Lipinski definition) is 3. The monoisotopic (exact) mass is 259 g/mol. The molecule has 3 nitrogen and oxygen atoms in total. The largest absolute Gasteiger partial charge is 0.504 e. The van der Waals surface area contributed by atoms with Gasteiger partial charge in [0.1, 0.15) is 5.82 Å². The van der Waals surface area contributed by atoms with E-state index in [4.69, 9.17) is 11.6 Å². The Labute approximate surface area is 104 Å². The van der Waals surface area contributed by atoms with Gasteiger partial charge in [-0.05, 0) is 38.3 Å². The highest BCUT2D eigenvalue weighted by Crippen LogP contribution is 2.37. The first-order valence-corrected chi connectivity index (χ1v) is 6.07. The van der Waals surface area contributed by atoms with Crippen molar-refractivity contribution in [3.63, 3.8) is 0 Å². The molecule has 1 aromatic carbocycles. The van der Waals surface area contributed by atoms with Crippen molar-refractivity contribution in [1.82, 2.24) is 5.32 Å². The van der Waals surface area contributed by atoms with Gasteiger partial charge in [0.15, 0.2) is 11.5 Å². The van der Waals surface area contributed by atoms with Crippen LogP contribution in [-0.2, 0) is 6.42 Å². The summed E-state index contributed by atoms with van der Waals surface area (Å²) < 4.78 is 13.8. The molecule has 2 rings (SSSR count). The molecule has 0 radical (unpaired) electrons. The minimum Gasteiger partial charge on any atom is -0.504 e. The van der Waals surface area contributed by atoms with Crippen molar-refractivity contribution in [2.75, 3.05) is 13.1 Å². The normalized spacial score (nSPS) is 17.3. The molecular weight excluding hydrogens is 245 g/mol. The second-order valence-corrected chi connectivity index (χ2v) is 4.82. The van der Waals surface area contributed by atoms with Gasteiger partial charge in [-0.15, -0.1) is 0 Å². The Balaban J connectivity index is 2.24. The zero-order valence-electron chi connectivity index (χ0n) is 9.34. The molecule has 1 saturated heterocycles. The van der Waals surface area contributed by atoms with Gasteiger partial charge in [-0.25, -0.2) is 4.39 Å². The highest BCUT2D eigenvalue weighted by Gasteiger charge is 2.21. The molecule has 17 heavy (non-hydrogen) atoms. The molecule has 1 aliphatic rings. The van der Waals surface area contributed by atoms with Crippen molar-refractivity contribution in [1.29, 1.82) is 0 Å². The van der Waals surface area contributed by atoms with E-state index in [0.717, 1.165) is 32.0 Å². The van der Waals surface area contributed by atoms with E-state index in [0.29, 0.717) is 12.3 Å². The van der Waals surface area contributed by atoms with Crippen molar-refractivity contribution in [3.05, 3.63) is 22.5 Å². The van der Waals surface area contributed by atoms with Gasteiger partial charge in [0, 0.05) is 11.6 Å². The lowest BCUT2D eigenvalue weighted by atomic mass is 9.90. The molecule has 5 heteroatoms. The van der Waals surface area contributed by atoms with Gasteiger partial charge in [0.25, 0.3) is 0 Å². The summed E-state index contributed by atoms with van der Waals surface area (Å²) >= 11 is 5.65. The minimum atomic E-state index is -0.625. The van der Waals surface area contributed by atoms with Crippen LogP contribution in [0.2, 0.25) is 5.02 Å². The quantitative estimate of drug-likeness (QED) is 0.715. The Morgan fingerprint density at radius 1 is 1.35 bits per heavy atom. The van der Waals surface area contributed by atoms with Crippen LogP contribution in [0.1, 0.15) is 18.4 Å². The lowest BCUT2D eigenvalue weighted by Crippen LogP contribution is -2.28. The van der Waals surface area contributed by atoms with Crippen LogP contribution in [0.25, 0.3) is 0 Å². The van der Waals surface area contributed by atoms with Gasteiger partial charge in [0.05, 0.1) is 5.02 Å². The number of aromatic hydroxyl groups is 2. The molecule has 0 saturated carbocycles. The number of hydrogen-bond donors (Lipinski definition) is 3. The van der Waals surface area contributed by atoms with Crippen molar-refractivity contribution in [2.45, 2.75) is 19.3 Å². The standard InChI is InChI=1S/C12H15ClFNO2/c13-9-6-10(16)12(17)8(11(9)14)5-7-1-3-15-4-2-7/h6-7,15-17H,1-5H2. The molecular formula is C12H15ClFNO2. The maximum absolute atomic E-state index is 13.8. The Morgan fingerprint density at radius 3 is 2.65 bits per heavy atom. The smallest absolute Gasteiger partial charge is 0.163 e. The fraction of sp³-hybridized carbons (Fsp3) is 0.500. The number of halogens is 2. The summed E-state index contributed by atoms with van der Waals surface area (Å²) in [4.78, 5) is 0. The van der Waals surface area contributed by atoms with Crippen molar-refractivity contribution in [3.8, 4) is 11.5 Å². The summed E-state index contributed by atoms with van der Waals surface area (Å²) in [5.41, 5.74) is 0.127. The van der Waals surface area contributed by atoms with Gasteiger partial charge < -0.3 is 15.5 Å².